The van der Waals surface area contributed by atoms with Gasteiger partial charge in [-0.05, 0) is 12.1 Å². The average Bonchev–Trinajstić information content (AvgIpc) is 2.78. The zero-order valence-corrected chi connectivity index (χ0v) is 8.45. The molecular weight excluding hydrogens is 210 g/mol. The van der Waals surface area contributed by atoms with Crippen LogP contribution in [0.5, 0.6) is 0 Å². The monoisotopic (exact) mass is 219 g/mol. The molecule has 2 aromatic rings. The summed E-state index contributed by atoms with van der Waals surface area (Å²) in [5.74, 6) is 0.525. The standard InChI is InChI=1S/C9H9N5O2/c1-14(9(15)16)8-11-7(12-13-8)6-4-2-3-5-10-6/h2-5H,1H3,(H,15,16)(H,11,12,13). The summed E-state index contributed by atoms with van der Waals surface area (Å²) in [4.78, 5) is 19.7. The summed E-state index contributed by atoms with van der Waals surface area (Å²) in [5.41, 5.74) is 0.611. The van der Waals surface area contributed by atoms with Gasteiger partial charge in [0.05, 0.1) is 0 Å². The van der Waals surface area contributed by atoms with Gasteiger partial charge in [-0.25, -0.2) is 9.69 Å². The summed E-state index contributed by atoms with van der Waals surface area (Å²) in [7, 11) is 1.37. The Morgan fingerprint density at radius 2 is 2.31 bits per heavy atom. The molecule has 0 fully saturated rings. The maximum atomic E-state index is 10.7. The van der Waals surface area contributed by atoms with Crippen molar-refractivity contribution in [3.05, 3.63) is 24.4 Å². The Morgan fingerprint density at radius 1 is 1.50 bits per heavy atom. The van der Waals surface area contributed by atoms with E-state index in [4.69, 9.17) is 5.11 Å². The lowest BCUT2D eigenvalue weighted by Gasteiger charge is -2.05. The van der Waals surface area contributed by atoms with Crippen molar-refractivity contribution in [1.29, 1.82) is 0 Å². The van der Waals surface area contributed by atoms with E-state index in [0.717, 1.165) is 4.90 Å². The lowest BCUT2D eigenvalue weighted by molar-refractivity contribution is 0.203. The minimum atomic E-state index is -1.12. The summed E-state index contributed by atoms with van der Waals surface area (Å²) in [6.07, 6.45) is 0.505. The summed E-state index contributed by atoms with van der Waals surface area (Å²) in [5, 5.41) is 15.1. The molecule has 0 aliphatic heterocycles. The second-order valence-corrected chi connectivity index (χ2v) is 3.04. The van der Waals surface area contributed by atoms with Crippen LogP contribution < -0.4 is 4.90 Å². The van der Waals surface area contributed by atoms with E-state index in [1.807, 2.05) is 6.07 Å². The highest BCUT2D eigenvalue weighted by molar-refractivity contribution is 5.82. The molecule has 0 radical (unpaired) electrons. The van der Waals surface area contributed by atoms with Crippen LogP contribution in [0.15, 0.2) is 24.4 Å². The zero-order valence-electron chi connectivity index (χ0n) is 8.45. The highest BCUT2D eigenvalue weighted by Gasteiger charge is 2.14. The van der Waals surface area contributed by atoms with E-state index >= 15 is 0 Å². The van der Waals surface area contributed by atoms with Gasteiger partial charge in [-0.15, -0.1) is 5.10 Å². The molecule has 7 heteroatoms. The van der Waals surface area contributed by atoms with E-state index in [9.17, 15) is 4.79 Å². The molecule has 1 amide bonds. The maximum Gasteiger partial charge on any atom is 0.414 e. The first-order chi connectivity index (χ1) is 7.68. The van der Waals surface area contributed by atoms with Crippen molar-refractivity contribution in [2.45, 2.75) is 0 Å². The third kappa shape index (κ3) is 1.83. The quantitative estimate of drug-likeness (QED) is 0.785. The number of aromatic amines is 1. The molecule has 0 atom stereocenters. The maximum absolute atomic E-state index is 10.7. The number of H-pyrrole nitrogens is 1. The number of carbonyl (C=O) groups is 1. The summed E-state index contributed by atoms with van der Waals surface area (Å²) >= 11 is 0. The third-order valence-corrected chi connectivity index (χ3v) is 1.97. The van der Waals surface area contributed by atoms with Crippen molar-refractivity contribution in [3.63, 3.8) is 0 Å². The topological polar surface area (TPSA) is 95.0 Å². The third-order valence-electron chi connectivity index (χ3n) is 1.97. The van der Waals surface area contributed by atoms with Gasteiger partial charge in [-0.2, -0.15) is 4.98 Å². The van der Waals surface area contributed by atoms with Crippen LogP contribution in [-0.4, -0.2) is 38.4 Å². The summed E-state index contributed by atoms with van der Waals surface area (Å²) in [6.45, 7) is 0. The van der Waals surface area contributed by atoms with Crippen molar-refractivity contribution >= 4 is 12.0 Å². The van der Waals surface area contributed by atoms with Gasteiger partial charge in [0.25, 0.3) is 5.95 Å². The molecule has 2 aromatic heterocycles. The van der Waals surface area contributed by atoms with E-state index < -0.39 is 6.09 Å². The van der Waals surface area contributed by atoms with E-state index in [0.29, 0.717) is 11.5 Å². The molecule has 0 aliphatic rings. The summed E-state index contributed by atoms with van der Waals surface area (Å²) < 4.78 is 0. The lowest BCUT2D eigenvalue weighted by Crippen LogP contribution is -2.24. The number of aromatic nitrogens is 4. The molecule has 0 spiro atoms. The molecule has 16 heavy (non-hydrogen) atoms. The van der Waals surface area contributed by atoms with Crippen LogP contribution in [0.25, 0.3) is 11.5 Å². The van der Waals surface area contributed by atoms with Crippen molar-refractivity contribution in [1.82, 2.24) is 20.2 Å². The number of pyridine rings is 1. The number of nitrogens with zero attached hydrogens (tertiary/aromatic N) is 4. The fourth-order valence-corrected chi connectivity index (χ4v) is 1.11. The van der Waals surface area contributed by atoms with E-state index in [1.54, 1.807) is 18.3 Å². The van der Waals surface area contributed by atoms with E-state index in [1.165, 1.54) is 7.05 Å². The van der Waals surface area contributed by atoms with Crippen molar-refractivity contribution in [2.24, 2.45) is 0 Å². The molecular formula is C9H9N5O2. The number of anilines is 1. The number of rotatable bonds is 2. The Hall–Kier alpha value is -2.44. The highest BCUT2D eigenvalue weighted by atomic mass is 16.4. The van der Waals surface area contributed by atoms with Gasteiger partial charge >= 0.3 is 6.09 Å². The zero-order chi connectivity index (χ0) is 11.5. The van der Waals surface area contributed by atoms with Gasteiger partial charge in [0.2, 0.25) is 0 Å². The van der Waals surface area contributed by atoms with Crippen molar-refractivity contribution < 1.29 is 9.90 Å². The number of hydrogen-bond acceptors (Lipinski definition) is 4. The second kappa shape index (κ2) is 3.97. The Bertz CT molecular complexity index is 496. The van der Waals surface area contributed by atoms with Crippen LogP contribution in [-0.2, 0) is 0 Å². The number of amides is 1. The van der Waals surface area contributed by atoms with Crippen LogP contribution in [0.4, 0.5) is 10.7 Å². The first-order valence-electron chi connectivity index (χ1n) is 4.49. The number of carboxylic acid groups (broad SMARTS) is 1. The molecule has 2 N–H and O–H groups in total. The Balaban J connectivity index is 2.30. The molecule has 0 saturated carbocycles. The molecule has 0 saturated heterocycles. The van der Waals surface area contributed by atoms with E-state index in [-0.39, 0.29) is 5.95 Å². The normalized spacial score (nSPS) is 10.1. The molecule has 82 valence electrons. The van der Waals surface area contributed by atoms with Crippen LogP contribution in [0.1, 0.15) is 0 Å². The van der Waals surface area contributed by atoms with Crippen molar-refractivity contribution in [3.8, 4) is 11.5 Å². The van der Waals surface area contributed by atoms with Gasteiger partial charge < -0.3 is 5.11 Å². The predicted octanol–water partition coefficient (Wildman–Crippen LogP) is 0.981. The highest BCUT2D eigenvalue weighted by Crippen LogP contribution is 2.13. The Labute approximate surface area is 90.8 Å². The van der Waals surface area contributed by atoms with E-state index in [2.05, 4.69) is 20.2 Å². The average molecular weight is 219 g/mol. The molecule has 0 aromatic carbocycles. The van der Waals surface area contributed by atoms with Gasteiger partial charge in [0.1, 0.15) is 5.69 Å². The van der Waals surface area contributed by atoms with Gasteiger partial charge in [-0.1, -0.05) is 6.07 Å². The van der Waals surface area contributed by atoms with Crippen LogP contribution in [0, 0.1) is 0 Å². The fourth-order valence-electron chi connectivity index (χ4n) is 1.11. The molecule has 2 heterocycles. The molecule has 7 nitrogen and oxygen atoms in total. The van der Waals surface area contributed by atoms with Crippen LogP contribution >= 0.6 is 0 Å². The first-order valence-corrected chi connectivity index (χ1v) is 4.49. The van der Waals surface area contributed by atoms with Crippen molar-refractivity contribution in [2.75, 3.05) is 11.9 Å². The number of hydrogen-bond donors (Lipinski definition) is 2. The van der Waals surface area contributed by atoms with Gasteiger partial charge in [-0.3, -0.25) is 10.1 Å². The van der Waals surface area contributed by atoms with Crippen LogP contribution in [0.2, 0.25) is 0 Å². The fraction of sp³-hybridized carbons (Fsp3) is 0.111. The molecule has 0 aliphatic carbocycles. The first kappa shape index (κ1) is 10.1. The van der Waals surface area contributed by atoms with Crippen LogP contribution in [0.3, 0.4) is 0 Å². The molecule has 2 rings (SSSR count). The SMILES string of the molecule is CN(C(=O)O)c1n[nH]c(-c2ccccn2)n1. The lowest BCUT2D eigenvalue weighted by atomic mass is 10.3. The Morgan fingerprint density at radius 3 is 2.94 bits per heavy atom. The smallest absolute Gasteiger partial charge is 0.414 e. The predicted molar refractivity (Wildman–Crippen MR) is 56.0 cm³/mol. The minimum absolute atomic E-state index is 0.0909. The minimum Gasteiger partial charge on any atom is -0.465 e. The largest absolute Gasteiger partial charge is 0.465 e. The Kier molecular flexibility index (Phi) is 2.50. The molecule has 0 bridgehead atoms. The number of nitrogens with one attached hydrogen (secondary N) is 1. The summed E-state index contributed by atoms with van der Waals surface area (Å²) in [6, 6.07) is 5.35. The second-order valence-electron chi connectivity index (χ2n) is 3.04. The molecule has 0 unspecified atom stereocenters. The van der Waals surface area contributed by atoms with Gasteiger partial charge in [0, 0.05) is 13.2 Å². The van der Waals surface area contributed by atoms with Gasteiger partial charge in [0.15, 0.2) is 5.82 Å².